The van der Waals surface area contributed by atoms with Crippen LogP contribution in [0.25, 0.3) is 11.0 Å². The lowest BCUT2D eigenvalue weighted by molar-refractivity contribution is 0.131. The number of aryl methyl sites for hydroxylation is 2. The molecule has 5 nitrogen and oxygen atoms in total. The first-order chi connectivity index (χ1) is 10.0. The Kier molecular flexibility index (Phi) is 3.69. The van der Waals surface area contributed by atoms with Crippen molar-refractivity contribution in [1.82, 2.24) is 19.3 Å². The van der Waals surface area contributed by atoms with Gasteiger partial charge in [0, 0.05) is 6.20 Å². The number of aromatic nitrogens is 4. The van der Waals surface area contributed by atoms with Gasteiger partial charge < -0.3 is 9.67 Å². The molecule has 6 heteroatoms. The predicted octanol–water partition coefficient (Wildman–Crippen LogP) is 2.56. The molecule has 0 amide bonds. The fourth-order valence-corrected chi connectivity index (χ4v) is 2.55. The zero-order valence-corrected chi connectivity index (χ0v) is 12.7. The molecule has 1 unspecified atom stereocenters. The number of aliphatic hydroxyl groups excluding tert-OH is 1. The van der Waals surface area contributed by atoms with Crippen LogP contribution in [0, 0.1) is 13.8 Å². The van der Waals surface area contributed by atoms with E-state index >= 15 is 0 Å². The summed E-state index contributed by atoms with van der Waals surface area (Å²) >= 11 is 5.82. The molecule has 0 bridgehead atoms. The minimum absolute atomic E-state index is 0.400. The van der Waals surface area contributed by atoms with Crippen molar-refractivity contribution in [2.24, 2.45) is 0 Å². The molecule has 2 aromatic heterocycles. The lowest BCUT2D eigenvalue weighted by atomic mass is 10.1. The van der Waals surface area contributed by atoms with Crippen molar-refractivity contribution in [2.75, 3.05) is 0 Å². The Labute approximate surface area is 127 Å². The summed E-state index contributed by atoms with van der Waals surface area (Å²) in [7, 11) is 0. The number of hydrogen-bond acceptors (Lipinski definition) is 3. The standard InChI is InChI=1S/C15H17ClN4O/c1-10-3-14-15(4-11(10)2)19(9-17-14)7-13(21)8-20-6-12(16)5-18-20/h3-6,9,13,21H,7-8H2,1-2H3. The SMILES string of the molecule is Cc1cc2ncn(CC(O)Cn3cc(Cl)cn3)c2cc1C. The van der Waals surface area contributed by atoms with E-state index in [1.165, 1.54) is 11.1 Å². The maximum absolute atomic E-state index is 10.2. The van der Waals surface area contributed by atoms with Gasteiger partial charge in [-0.3, -0.25) is 4.68 Å². The zero-order valence-electron chi connectivity index (χ0n) is 12.0. The second-order valence-corrected chi connectivity index (χ2v) is 5.79. The smallest absolute Gasteiger partial charge is 0.0959 e. The van der Waals surface area contributed by atoms with Crippen LogP contribution in [0.4, 0.5) is 0 Å². The van der Waals surface area contributed by atoms with Crippen LogP contribution in [0.1, 0.15) is 11.1 Å². The molecule has 0 aliphatic rings. The number of benzene rings is 1. The summed E-state index contributed by atoms with van der Waals surface area (Å²) in [5.74, 6) is 0. The van der Waals surface area contributed by atoms with Gasteiger partial charge in [-0.2, -0.15) is 5.10 Å². The minimum Gasteiger partial charge on any atom is -0.389 e. The summed E-state index contributed by atoms with van der Waals surface area (Å²) in [5, 5.41) is 14.9. The molecule has 0 saturated carbocycles. The minimum atomic E-state index is -0.556. The van der Waals surface area contributed by atoms with Crippen LogP contribution in [0.3, 0.4) is 0 Å². The molecule has 0 spiro atoms. The van der Waals surface area contributed by atoms with E-state index in [-0.39, 0.29) is 0 Å². The number of halogens is 1. The quantitative estimate of drug-likeness (QED) is 0.806. The molecule has 0 radical (unpaired) electrons. The van der Waals surface area contributed by atoms with Crippen molar-refractivity contribution in [3.05, 3.63) is 47.0 Å². The number of hydrogen-bond donors (Lipinski definition) is 1. The normalized spacial score (nSPS) is 13.0. The van der Waals surface area contributed by atoms with Crippen molar-refractivity contribution >= 4 is 22.6 Å². The molecule has 0 aliphatic carbocycles. The van der Waals surface area contributed by atoms with Gasteiger partial charge >= 0.3 is 0 Å². The zero-order chi connectivity index (χ0) is 15.0. The van der Waals surface area contributed by atoms with Gasteiger partial charge in [-0.15, -0.1) is 0 Å². The van der Waals surface area contributed by atoms with Gasteiger partial charge in [0.15, 0.2) is 0 Å². The van der Waals surface area contributed by atoms with E-state index in [4.69, 9.17) is 11.6 Å². The molecule has 3 aromatic rings. The summed E-state index contributed by atoms with van der Waals surface area (Å²) < 4.78 is 3.61. The second-order valence-electron chi connectivity index (χ2n) is 5.36. The Bertz CT molecular complexity index is 777. The molecule has 21 heavy (non-hydrogen) atoms. The molecule has 1 aromatic carbocycles. The maximum atomic E-state index is 10.2. The number of nitrogens with zero attached hydrogens (tertiary/aromatic N) is 4. The summed E-state index contributed by atoms with van der Waals surface area (Å²) in [6.45, 7) is 5.02. The summed E-state index contributed by atoms with van der Waals surface area (Å²) in [4.78, 5) is 4.39. The van der Waals surface area contributed by atoms with E-state index in [2.05, 4.69) is 36.1 Å². The number of imidazole rings is 1. The lowest BCUT2D eigenvalue weighted by Crippen LogP contribution is -2.22. The predicted molar refractivity (Wildman–Crippen MR) is 82.5 cm³/mol. The van der Waals surface area contributed by atoms with Crippen LogP contribution in [0.5, 0.6) is 0 Å². The monoisotopic (exact) mass is 304 g/mol. The highest BCUT2D eigenvalue weighted by Gasteiger charge is 2.11. The molecule has 1 N–H and O–H groups in total. The first kappa shape index (κ1) is 14.1. The van der Waals surface area contributed by atoms with E-state index in [9.17, 15) is 5.11 Å². The van der Waals surface area contributed by atoms with Crippen molar-refractivity contribution < 1.29 is 5.11 Å². The molecule has 0 fully saturated rings. The number of fused-ring (bicyclic) bond motifs is 1. The second kappa shape index (κ2) is 5.50. The maximum Gasteiger partial charge on any atom is 0.0959 e. The average molecular weight is 305 g/mol. The largest absolute Gasteiger partial charge is 0.389 e. The Balaban J connectivity index is 1.79. The Morgan fingerprint density at radius 1 is 1.24 bits per heavy atom. The highest BCUT2D eigenvalue weighted by molar-refractivity contribution is 6.30. The fourth-order valence-electron chi connectivity index (χ4n) is 2.40. The van der Waals surface area contributed by atoms with Crippen molar-refractivity contribution in [3.63, 3.8) is 0 Å². The van der Waals surface area contributed by atoms with Crippen molar-refractivity contribution in [2.45, 2.75) is 33.0 Å². The highest BCUT2D eigenvalue weighted by atomic mass is 35.5. The first-order valence-corrected chi connectivity index (χ1v) is 7.19. The average Bonchev–Trinajstić information content (AvgIpc) is 2.98. The number of rotatable bonds is 4. The van der Waals surface area contributed by atoms with Gasteiger partial charge in [-0.1, -0.05) is 11.6 Å². The molecule has 0 aliphatic heterocycles. The van der Waals surface area contributed by atoms with Gasteiger partial charge in [-0.25, -0.2) is 4.98 Å². The van der Waals surface area contributed by atoms with Gasteiger partial charge in [-0.05, 0) is 37.1 Å². The molecule has 3 rings (SSSR count). The molecule has 110 valence electrons. The number of aliphatic hydroxyl groups is 1. The summed E-state index contributed by atoms with van der Waals surface area (Å²) in [6, 6.07) is 4.18. The third-order valence-electron chi connectivity index (χ3n) is 3.64. The Morgan fingerprint density at radius 2 is 2.00 bits per heavy atom. The van der Waals surface area contributed by atoms with E-state index < -0.39 is 6.10 Å². The highest BCUT2D eigenvalue weighted by Crippen LogP contribution is 2.18. The molecule has 1 atom stereocenters. The van der Waals surface area contributed by atoms with Gasteiger partial charge in [0.1, 0.15) is 0 Å². The molecular formula is C15H17ClN4O. The van der Waals surface area contributed by atoms with E-state index in [0.29, 0.717) is 18.1 Å². The van der Waals surface area contributed by atoms with Gasteiger partial charge in [0.2, 0.25) is 0 Å². The Morgan fingerprint density at radius 3 is 2.71 bits per heavy atom. The lowest BCUT2D eigenvalue weighted by Gasteiger charge is -2.12. The molecule has 0 saturated heterocycles. The van der Waals surface area contributed by atoms with Crippen LogP contribution in [-0.2, 0) is 13.1 Å². The van der Waals surface area contributed by atoms with Crippen LogP contribution in [0.15, 0.2) is 30.9 Å². The molecular weight excluding hydrogens is 288 g/mol. The Hall–Kier alpha value is -1.85. The van der Waals surface area contributed by atoms with Gasteiger partial charge in [0.05, 0.1) is 47.8 Å². The first-order valence-electron chi connectivity index (χ1n) is 6.81. The van der Waals surface area contributed by atoms with E-state index in [1.54, 1.807) is 23.4 Å². The fraction of sp³-hybridized carbons (Fsp3) is 0.333. The summed E-state index contributed by atoms with van der Waals surface area (Å²) in [6.07, 6.45) is 4.47. The van der Waals surface area contributed by atoms with Crippen molar-refractivity contribution in [1.29, 1.82) is 0 Å². The third-order valence-corrected chi connectivity index (χ3v) is 3.84. The third kappa shape index (κ3) is 2.94. The van der Waals surface area contributed by atoms with Crippen LogP contribution < -0.4 is 0 Å². The van der Waals surface area contributed by atoms with Crippen molar-refractivity contribution in [3.8, 4) is 0 Å². The van der Waals surface area contributed by atoms with Gasteiger partial charge in [0.25, 0.3) is 0 Å². The topological polar surface area (TPSA) is 55.9 Å². The molecule has 2 heterocycles. The summed E-state index contributed by atoms with van der Waals surface area (Å²) in [5.41, 5.74) is 4.43. The van der Waals surface area contributed by atoms with Crippen LogP contribution in [0.2, 0.25) is 5.02 Å². The van der Waals surface area contributed by atoms with E-state index in [0.717, 1.165) is 11.0 Å². The van der Waals surface area contributed by atoms with E-state index in [1.807, 2.05) is 4.57 Å². The van der Waals surface area contributed by atoms with Crippen LogP contribution in [-0.4, -0.2) is 30.5 Å². The van der Waals surface area contributed by atoms with Crippen LogP contribution >= 0.6 is 11.6 Å².